The van der Waals surface area contributed by atoms with Gasteiger partial charge in [-0.25, -0.2) is 0 Å². The van der Waals surface area contributed by atoms with Gasteiger partial charge in [0.2, 0.25) is 0 Å². The minimum atomic E-state index is 1.21. The Labute approximate surface area is 349 Å². The Kier molecular flexibility index (Phi) is 7.96. The lowest BCUT2D eigenvalue weighted by Crippen LogP contribution is -1.91. The summed E-state index contributed by atoms with van der Waals surface area (Å²) in [6.45, 7) is 0. The Hall–Kier alpha value is -7.80. The van der Waals surface area contributed by atoms with Crippen LogP contribution in [0.4, 0.5) is 0 Å². The summed E-state index contributed by atoms with van der Waals surface area (Å²) in [5.74, 6) is 0. The van der Waals surface area contributed by atoms with E-state index in [2.05, 4.69) is 231 Å². The van der Waals surface area contributed by atoms with Gasteiger partial charge in [0.05, 0.1) is 0 Å². The van der Waals surface area contributed by atoms with Gasteiger partial charge in [-0.05, 0) is 151 Å². The molecule has 60 heavy (non-hydrogen) atoms. The van der Waals surface area contributed by atoms with Gasteiger partial charge < -0.3 is 0 Å². The van der Waals surface area contributed by atoms with Crippen LogP contribution in [0.1, 0.15) is 0 Å². The Bertz CT molecular complexity index is 3650. The van der Waals surface area contributed by atoms with Gasteiger partial charge in [0.1, 0.15) is 0 Å². The predicted octanol–water partition coefficient (Wildman–Crippen LogP) is 16.9. The lowest BCUT2D eigenvalue weighted by molar-refractivity contribution is 1.61. The van der Waals surface area contributed by atoms with Crippen LogP contribution >= 0.6 is 0 Å². The zero-order valence-electron chi connectivity index (χ0n) is 32.9. The third kappa shape index (κ3) is 5.69. The highest BCUT2D eigenvalue weighted by Crippen LogP contribution is 2.45. The van der Waals surface area contributed by atoms with Gasteiger partial charge in [0.25, 0.3) is 0 Å². The highest BCUT2D eigenvalue weighted by atomic mass is 14.2. The first-order valence-corrected chi connectivity index (χ1v) is 20.8. The number of rotatable bonds is 5. The molecule has 12 aromatic rings. The molecule has 0 aliphatic carbocycles. The fourth-order valence-electron chi connectivity index (χ4n) is 9.71. The van der Waals surface area contributed by atoms with Crippen molar-refractivity contribution < 1.29 is 0 Å². The second-order valence-electron chi connectivity index (χ2n) is 16.0. The molecule has 0 spiro atoms. The van der Waals surface area contributed by atoms with Crippen LogP contribution in [0.3, 0.4) is 0 Å². The first-order valence-electron chi connectivity index (χ1n) is 20.8. The molecule has 0 bridgehead atoms. The van der Waals surface area contributed by atoms with Crippen molar-refractivity contribution in [2.45, 2.75) is 0 Å². The maximum atomic E-state index is 2.42. The second kappa shape index (κ2) is 13.9. The van der Waals surface area contributed by atoms with Crippen LogP contribution in [0.15, 0.2) is 231 Å². The molecule has 0 amide bonds. The molecule has 0 fully saturated rings. The molecule has 0 saturated heterocycles. The molecule has 0 aliphatic rings. The summed E-state index contributed by atoms with van der Waals surface area (Å²) in [6, 6.07) is 85.2. The van der Waals surface area contributed by atoms with Gasteiger partial charge >= 0.3 is 0 Å². The van der Waals surface area contributed by atoms with Gasteiger partial charge in [0.15, 0.2) is 0 Å². The molecule has 0 saturated carbocycles. The normalized spacial score (nSPS) is 11.7. The van der Waals surface area contributed by atoms with Crippen LogP contribution in [0.2, 0.25) is 0 Å². The maximum Gasteiger partial charge on any atom is -0.00203 e. The average Bonchev–Trinajstić information content (AvgIpc) is 3.32. The van der Waals surface area contributed by atoms with Crippen LogP contribution < -0.4 is 0 Å². The van der Waals surface area contributed by atoms with Crippen molar-refractivity contribution in [3.63, 3.8) is 0 Å². The van der Waals surface area contributed by atoms with E-state index in [1.54, 1.807) is 0 Å². The van der Waals surface area contributed by atoms with Crippen LogP contribution in [0.25, 0.3) is 120 Å². The van der Waals surface area contributed by atoms with Gasteiger partial charge in [-0.15, -0.1) is 0 Å². The zero-order chi connectivity index (χ0) is 39.6. The molecule has 12 aromatic carbocycles. The lowest BCUT2D eigenvalue weighted by Gasteiger charge is -2.18. The third-order valence-corrected chi connectivity index (χ3v) is 12.6. The first kappa shape index (κ1) is 34.3. The van der Waals surface area contributed by atoms with Crippen molar-refractivity contribution in [2.75, 3.05) is 0 Å². The van der Waals surface area contributed by atoms with Crippen molar-refractivity contribution in [2.24, 2.45) is 0 Å². The van der Waals surface area contributed by atoms with E-state index in [1.165, 1.54) is 120 Å². The van der Waals surface area contributed by atoms with Gasteiger partial charge in [0, 0.05) is 0 Å². The molecular formula is C60H38. The summed E-state index contributed by atoms with van der Waals surface area (Å²) in [5, 5.41) is 15.2. The fraction of sp³-hybridized carbons (Fsp3) is 0. The van der Waals surface area contributed by atoms with Gasteiger partial charge in [-0.3, -0.25) is 0 Å². The van der Waals surface area contributed by atoms with Crippen LogP contribution in [-0.4, -0.2) is 0 Å². The molecule has 0 atom stereocenters. The molecule has 278 valence electrons. The van der Waals surface area contributed by atoms with Crippen molar-refractivity contribution in [3.8, 4) is 55.6 Å². The van der Waals surface area contributed by atoms with Crippen LogP contribution in [-0.2, 0) is 0 Å². The minimum absolute atomic E-state index is 1.21. The van der Waals surface area contributed by atoms with Crippen molar-refractivity contribution in [3.05, 3.63) is 231 Å². The largest absolute Gasteiger partial charge is 0.0622 e. The highest BCUT2D eigenvalue weighted by molar-refractivity contribution is 6.20. The SMILES string of the molecule is c1ccc(-c2c3cccc(-c4cccc(-c5ccc6c(ccc7ccccc76)c5)c4)c3cc3cccc(-c4cccc(-c5ccc6c(ccc7ccccc76)c5)c4)c23)cc1. The van der Waals surface area contributed by atoms with E-state index in [0.717, 1.165) is 0 Å². The number of hydrogen-bond donors (Lipinski definition) is 0. The highest BCUT2D eigenvalue weighted by Gasteiger charge is 2.18. The maximum absolute atomic E-state index is 2.42. The summed E-state index contributed by atoms with van der Waals surface area (Å²) in [6.07, 6.45) is 0. The zero-order valence-corrected chi connectivity index (χ0v) is 32.9. The van der Waals surface area contributed by atoms with Crippen molar-refractivity contribution in [1.29, 1.82) is 0 Å². The summed E-state index contributed by atoms with van der Waals surface area (Å²) in [4.78, 5) is 0. The quantitative estimate of drug-likeness (QED) is 0.121. The molecule has 0 heteroatoms. The monoisotopic (exact) mass is 758 g/mol. The molecule has 0 radical (unpaired) electrons. The molecule has 0 unspecified atom stereocenters. The Morgan fingerprint density at radius 2 is 0.617 bits per heavy atom. The van der Waals surface area contributed by atoms with Gasteiger partial charge in [-0.1, -0.05) is 200 Å². The molecule has 0 aromatic heterocycles. The summed E-state index contributed by atoms with van der Waals surface area (Å²) < 4.78 is 0. The van der Waals surface area contributed by atoms with Crippen LogP contribution in [0.5, 0.6) is 0 Å². The van der Waals surface area contributed by atoms with E-state index in [1.807, 2.05) is 0 Å². The topological polar surface area (TPSA) is 0 Å². The van der Waals surface area contributed by atoms with E-state index in [4.69, 9.17) is 0 Å². The van der Waals surface area contributed by atoms with Crippen molar-refractivity contribution in [1.82, 2.24) is 0 Å². The summed E-state index contributed by atoms with van der Waals surface area (Å²) in [5.41, 5.74) is 12.2. The smallest absolute Gasteiger partial charge is 0.00203 e. The molecule has 0 nitrogen and oxygen atoms in total. The number of fused-ring (bicyclic) bond motifs is 8. The fourth-order valence-corrected chi connectivity index (χ4v) is 9.71. The number of benzene rings is 12. The van der Waals surface area contributed by atoms with E-state index in [-0.39, 0.29) is 0 Å². The van der Waals surface area contributed by atoms with Gasteiger partial charge in [-0.2, -0.15) is 0 Å². The first-order chi connectivity index (χ1) is 29.7. The standard InChI is InChI=1S/C60H38/c1-2-14-41(15-3-1)59-57-25-11-23-53(46-18-8-16-42(34-46)44-30-32-54-48(36-44)28-26-39-12-4-6-21-51(39)54)58(57)38-50-20-10-24-56(60(50)59)47-19-9-17-43(35-47)45-31-33-55-49(37-45)29-27-40-13-5-7-22-52(40)55/h1-38H. The minimum Gasteiger partial charge on any atom is -0.0622 e. The summed E-state index contributed by atoms with van der Waals surface area (Å²) in [7, 11) is 0. The third-order valence-electron chi connectivity index (χ3n) is 12.6. The molecule has 12 rings (SSSR count). The van der Waals surface area contributed by atoms with Crippen LogP contribution in [0, 0.1) is 0 Å². The molecule has 0 aliphatic heterocycles. The number of hydrogen-bond acceptors (Lipinski definition) is 0. The Balaban J connectivity index is 1.01. The second-order valence-corrected chi connectivity index (χ2v) is 16.0. The van der Waals surface area contributed by atoms with E-state index in [0.29, 0.717) is 0 Å². The average molecular weight is 759 g/mol. The molecule has 0 N–H and O–H groups in total. The molecular weight excluding hydrogens is 721 g/mol. The van der Waals surface area contributed by atoms with Crippen molar-refractivity contribution >= 4 is 64.6 Å². The predicted molar refractivity (Wildman–Crippen MR) is 259 cm³/mol. The Morgan fingerprint density at radius 3 is 1.27 bits per heavy atom. The van der Waals surface area contributed by atoms with E-state index in [9.17, 15) is 0 Å². The molecule has 0 heterocycles. The van der Waals surface area contributed by atoms with E-state index < -0.39 is 0 Å². The Morgan fingerprint density at radius 1 is 0.183 bits per heavy atom. The summed E-state index contributed by atoms with van der Waals surface area (Å²) >= 11 is 0. The lowest BCUT2D eigenvalue weighted by atomic mass is 9.85. The van der Waals surface area contributed by atoms with E-state index >= 15 is 0 Å².